The second-order valence-corrected chi connectivity index (χ2v) is 5.02. The van der Waals surface area contributed by atoms with Crippen molar-refractivity contribution in [2.75, 3.05) is 11.9 Å². The van der Waals surface area contributed by atoms with Gasteiger partial charge in [0.05, 0.1) is 22.9 Å². The van der Waals surface area contributed by atoms with E-state index >= 15 is 0 Å². The van der Waals surface area contributed by atoms with Crippen molar-refractivity contribution in [2.24, 2.45) is 0 Å². The fourth-order valence-electron chi connectivity index (χ4n) is 1.63. The van der Waals surface area contributed by atoms with Crippen molar-refractivity contribution in [3.05, 3.63) is 52.4 Å². The maximum Gasteiger partial charge on any atom is 0.173 e. The molecular weight excluding hydrogens is 303 g/mol. The second kappa shape index (κ2) is 6.28. The third-order valence-corrected chi connectivity index (χ3v) is 3.73. The Labute approximate surface area is 127 Å². The first kappa shape index (κ1) is 14.2. The van der Waals surface area contributed by atoms with Gasteiger partial charge in [0, 0.05) is 12.7 Å². The highest BCUT2D eigenvalue weighted by Gasteiger charge is 2.14. The Kier molecular flexibility index (Phi) is 4.69. The Bertz CT molecular complexity index is 572. The van der Waals surface area contributed by atoms with Crippen LogP contribution in [0, 0.1) is 0 Å². The van der Waals surface area contributed by atoms with Gasteiger partial charge in [-0.15, -0.1) is 0 Å². The standard InChI is InChI=1S/C13H12Cl2N2OS/c1-16-13(19)17(8-10-3-2-6-18-10)9-4-5-11(14)12(15)7-9/h2-7H,8H2,1H3,(H,16,19). The fraction of sp³-hybridized carbons (Fsp3) is 0.154. The van der Waals surface area contributed by atoms with E-state index in [1.165, 1.54) is 0 Å². The molecule has 2 aromatic rings. The number of hydrogen-bond acceptors (Lipinski definition) is 2. The van der Waals surface area contributed by atoms with Crippen molar-refractivity contribution in [1.29, 1.82) is 0 Å². The van der Waals surface area contributed by atoms with Crippen molar-refractivity contribution in [1.82, 2.24) is 5.32 Å². The summed E-state index contributed by atoms with van der Waals surface area (Å²) in [4.78, 5) is 1.89. The second-order valence-electron chi connectivity index (χ2n) is 3.82. The number of anilines is 1. The summed E-state index contributed by atoms with van der Waals surface area (Å²) in [5.41, 5.74) is 0.852. The van der Waals surface area contributed by atoms with Gasteiger partial charge in [0.15, 0.2) is 5.11 Å². The lowest BCUT2D eigenvalue weighted by Gasteiger charge is -2.24. The minimum absolute atomic E-state index is 0.488. The number of furan rings is 1. The lowest BCUT2D eigenvalue weighted by molar-refractivity contribution is 0.511. The van der Waals surface area contributed by atoms with Crippen LogP contribution in [0.4, 0.5) is 5.69 Å². The lowest BCUT2D eigenvalue weighted by Crippen LogP contribution is -2.37. The largest absolute Gasteiger partial charge is 0.467 e. The SMILES string of the molecule is CNC(=S)N(Cc1ccco1)c1ccc(Cl)c(Cl)c1. The quantitative estimate of drug-likeness (QED) is 0.863. The number of nitrogens with zero attached hydrogens (tertiary/aromatic N) is 1. The molecule has 0 amide bonds. The average molecular weight is 315 g/mol. The van der Waals surface area contributed by atoms with Crippen LogP contribution in [0.5, 0.6) is 0 Å². The predicted molar refractivity (Wildman–Crippen MR) is 83.0 cm³/mol. The van der Waals surface area contributed by atoms with E-state index in [0.717, 1.165) is 11.4 Å². The molecule has 1 aromatic carbocycles. The van der Waals surface area contributed by atoms with Crippen LogP contribution in [0.3, 0.4) is 0 Å². The maximum atomic E-state index is 6.04. The third-order valence-electron chi connectivity index (χ3n) is 2.57. The molecule has 6 heteroatoms. The Morgan fingerprint density at radius 1 is 1.32 bits per heavy atom. The molecule has 0 aliphatic carbocycles. The molecule has 0 atom stereocenters. The summed E-state index contributed by atoms with van der Waals surface area (Å²) in [6.45, 7) is 0.518. The van der Waals surface area contributed by atoms with Crippen LogP contribution < -0.4 is 10.2 Å². The van der Waals surface area contributed by atoms with Crippen LogP contribution in [0.1, 0.15) is 5.76 Å². The summed E-state index contributed by atoms with van der Waals surface area (Å²) in [6, 6.07) is 9.11. The van der Waals surface area contributed by atoms with Crippen molar-refractivity contribution >= 4 is 46.2 Å². The van der Waals surface area contributed by atoms with E-state index < -0.39 is 0 Å². The Morgan fingerprint density at radius 2 is 2.11 bits per heavy atom. The highest BCUT2D eigenvalue weighted by atomic mass is 35.5. The first-order chi connectivity index (χ1) is 9.11. The summed E-state index contributed by atoms with van der Waals surface area (Å²) in [6.07, 6.45) is 1.63. The van der Waals surface area contributed by atoms with Crippen molar-refractivity contribution in [3.63, 3.8) is 0 Å². The lowest BCUT2D eigenvalue weighted by atomic mass is 10.3. The van der Waals surface area contributed by atoms with E-state index in [-0.39, 0.29) is 0 Å². The van der Waals surface area contributed by atoms with Gasteiger partial charge in [-0.2, -0.15) is 0 Å². The van der Waals surface area contributed by atoms with E-state index in [9.17, 15) is 0 Å². The minimum Gasteiger partial charge on any atom is -0.467 e. The molecule has 0 spiro atoms. The summed E-state index contributed by atoms with van der Waals surface area (Å²) in [5, 5.41) is 4.53. The molecule has 1 heterocycles. The normalized spacial score (nSPS) is 10.3. The summed E-state index contributed by atoms with van der Waals surface area (Å²) < 4.78 is 5.35. The Morgan fingerprint density at radius 3 is 2.68 bits per heavy atom. The van der Waals surface area contributed by atoms with Crippen molar-refractivity contribution in [2.45, 2.75) is 6.54 Å². The van der Waals surface area contributed by atoms with Crippen molar-refractivity contribution in [3.8, 4) is 0 Å². The average Bonchev–Trinajstić information content (AvgIpc) is 2.91. The van der Waals surface area contributed by atoms with Gasteiger partial charge in [-0.25, -0.2) is 0 Å². The highest BCUT2D eigenvalue weighted by Crippen LogP contribution is 2.28. The number of rotatable bonds is 3. The molecule has 0 saturated carbocycles. The summed E-state index contributed by atoms with van der Waals surface area (Å²) in [5.74, 6) is 0.809. The van der Waals surface area contributed by atoms with Crippen LogP contribution in [0.2, 0.25) is 10.0 Å². The van der Waals surface area contributed by atoms with Crippen LogP contribution in [-0.2, 0) is 6.54 Å². The Hall–Kier alpha value is -1.23. The number of nitrogens with one attached hydrogen (secondary N) is 1. The zero-order valence-electron chi connectivity index (χ0n) is 10.2. The zero-order valence-corrected chi connectivity index (χ0v) is 12.5. The molecule has 0 bridgehead atoms. The van der Waals surface area contributed by atoms with Crippen LogP contribution in [0.25, 0.3) is 0 Å². The summed E-state index contributed by atoms with van der Waals surface area (Å²) in [7, 11) is 1.77. The highest BCUT2D eigenvalue weighted by molar-refractivity contribution is 7.80. The molecule has 2 rings (SSSR count). The topological polar surface area (TPSA) is 28.4 Å². The van der Waals surface area contributed by atoms with E-state index in [0.29, 0.717) is 21.7 Å². The first-order valence-corrected chi connectivity index (χ1v) is 6.75. The number of thiocarbonyl (C=S) groups is 1. The van der Waals surface area contributed by atoms with Gasteiger partial charge in [0.2, 0.25) is 0 Å². The molecule has 1 N–H and O–H groups in total. The molecule has 19 heavy (non-hydrogen) atoms. The molecular formula is C13H12Cl2N2OS. The maximum absolute atomic E-state index is 6.04. The fourth-order valence-corrected chi connectivity index (χ4v) is 2.09. The van der Waals surface area contributed by atoms with Crippen LogP contribution >= 0.6 is 35.4 Å². The molecule has 0 radical (unpaired) electrons. The van der Waals surface area contributed by atoms with Crippen LogP contribution in [-0.4, -0.2) is 12.2 Å². The third kappa shape index (κ3) is 3.41. The van der Waals surface area contributed by atoms with Gasteiger partial charge in [-0.05, 0) is 42.5 Å². The molecule has 1 aromatic heterocycles. The van der Waals surface area contributed by atoms with E-state index in [1.54, 1.807) is 25.4 Å². The van der Waals surface area contributed by atoms with Gasteiger partial charge in [-0.1, -0.05) is 23.2 Å². The molecule has 0 fully saturated rings. The van der Waals surface area contributed by atoms with Gasteiger partial charge in [-0.3, -0.25) is 0 Å². The van der Waals surface area contributed by atoms with Gasteiger partial charge >= 0.3 is 0 Å². The molecule has 0 unspecified atom stereocenters. The smallest absolute Gasteiger partial charge is 0.173 e. The molecule has 3 nitrogen and oxygen atoms in total. The van der Waals surface area contributed by atoms with Crippen molar-refractivity contribution < 1.29 is 4.42 Å². The summed E-state index contributed by atoms with van der Waals surface area (Å²) >= 11 is 17.3. The molecule has 0 aliphatic rings. The van der Waals surface area contributed by atoms with Gasteiger partial charge in [0.25, 0.3) is 0 Å². The van der Waals surface area contributed by atoms with E-state index in [4.69, 9.17) is 39.8 Å². The molecule has 100 valence electrons. The number of hydrogen-bond donors (Lipinski definition) is 1. The Balaban J connectivity index is 2.31. The first-order valence-electron chi connectivity index (χ1n) is 5.58. The van der Waals surface area contributed by atoms with E-state index in [2.05, 4.69) is 5.32 Å². The number of halogens is 2. The minimum atomic E-state index is 0.488. The predicted octanol–water partition coefficient (Wildman–Crippen LogP) is 4.10. The molecule has 0 saturated heterocycles. The monoisotopic (exact) mass is 314 g/mol. The van der Waals surface area contributed by atoms with E-state index in [1.807, 2.05) is 23.1 Å². The molecule has 0 aliphatic heterocycles. The van der Waals surface area contributed by atoms with Crippen LogP contribution in [0.15, 0.2) is 41.0 Å². The van der Waals surface area contributed by atoms with Gasteiger partial charge < -0.3 is 14.6 Å². The van der Waals surface area contributed by atoms with Gasteiger partial charge in [0.1, 0.15) is 5.76 Å². The zero-order chi connectivity index (χ0) is 13.8. The number of benzene rings is 1.